The Kier molecular flexibility index (Phi) is 6.02. The molecule has 2 N–H and O–H groups in total. The maximum absolute atomic E-state index is 10.8. The predicted octanol–water partition coefficient (Wildman–Crippen LogP) is 1.56. The number of hydrogen-bond donors (Lipinski definition) is 2. The Hall–Kier alpha value is -1.65. The number of anilines is 1. The summed E-state index contributed by atoms with van der Waals surface area (Å²) >= 11 is 0. The van der Waals surface area contributed by atoms with E-state index < -0.39 is 0 Å². The molecule has 0 fully saturated rings. The van der Waals surface area contributed by atoms with E-state index in [1.165, 1.54) is 7.05 Å². The van der Waals surface area contributed by atoms with Gasteiger partial charge in [0.15, 0.2) is 0 Å². The fraction of sp³-hybridized carbons (Fsp3) is 0.444. The smallest absolute Gasteiger partial charge is 0.321 e. The second-order valence-electron chi connectivity index (χ2n) is 2.29. The molecule has 0 aliphatic heterocycles. The quantitative estimate of drug-likeness (QED) is 0.716. The minimum Gasteiger partial charge on any atom is -0.341 e. The number of hydrogen-bond acceptors (Lipinski definition) is 3. The summed E-state index contributed by atoms with van der Waals surface area (Å²) in [6.45, 7) is 5.88. The van der Waals surface area contributed by atoms with Gasteiger partial charge in [-0.1, -0.05) is 13.8 Å². The lowest BCUT2D eigenvalue weighted by molar-refractivity contribution is 0.254. The van der Waals surface area contributed by atoms with Gasteiger partial charge in [0, 0.05) is 19.4 Å². The van der Waals surface area contributed by atoms with Gasteiger partial charge in [0.2, 0.25) is 5.95 Å². The molecule has 1 aromatic heterocycles. The lowest BCUT2D eigenvalue weighted by atomic mass is 10.4. The van der Waals surface area contributed by atoms with Crippen LogP contribution < -0.4 is 10.6 Å². The van der Waals surface area contributed by atoms with Crippen LogP contribution in [0, 0.1) is 6.92 Å². The molecule has 14 heavy (non-hydrogen) atoms. The molecule has 0 aliphatic rings. The molecule has 0 radical (unpaired) electrons. The molecule has 2 amide bonds. The topological polar surface area (TPSA) is 66.9 Å². The maximum Gasteiger partial charge on any atom is 0.321 e. The lowest BCUT2D eigenvalue weighted by Gasteiger charge is -2.00. The predicted molar refractivity (Wildman–Crippen MR) is 56.2 cm³/mol. The Morgan fingerprint density at radius 2 is 1.79 bits per heavy atom. The van der Waals surface area contributed by atoms with Crippen molar-refractivity contribution in [3.8, 4) is 0 Å². The normalized spacial score (nSPS) is 8.29. The summed E-state index contributed by atoms with van der Waals surface area (Å²) in [6, 6.07) is -0.321. The molecular formula is C9H16N4O. The van der Waals surface area contributed by atoms with Crippen LogP contribution in [0.4, 0.5) is 10.7 Å². The van der Waals surface area contributed by atoms with Crippen LogP contribution in [0.25, 0.3) is 0 Å². The highest BCUT2D eigenvalue weighted by Crippen LogP contribution is 1.97. The van der Waals surface area contributed by atoms with Gasteiger partial charge in [-0.3, -0.25) is 5.32 Å². The van der Waals surface area contributed by atoms with Crippen molar-refractivity contribution in [3.63, 3.8) is 0 Å². The van der Waals surface area contributed by atoms with Crippen molar-refractivity contribution in [2.45, 2.75) is 20.8 Å². The van der Waals surface area contributed by atoms with Crippen molar-refractivity contribution in [2.24, 2.45) is 0 Å². The summed E-state index contributed by atoms with van der Waals surface area (Å²) in [6.07, 6.45) is 3.27. The molecule has 5 nitrogen and oxygen atoms in total. The van der Waals surface area contributed by atoms with Gasteiger partial charge < -0.3 is 5.32 Å². The average molecular weight is 196 g/mol. The molecule has 0 aliphatic carbocycles. The molecule has 0 unspecified atom stereocenters. The van der Waals surface area contributed by atoms with Crippen LogP contribution in [0.2, 0.25) is 0 Å². The molecular weight excluding hydrogens is 180 g/mol. The number of carbonyl (C=O) groups is 1. The summed E-state index contributed by atoms with van der Waals surface area (Å²) in [7, 11) is 1.53. The van der Waals surface area contributed by atoms with E-state index in [1.54, 1.807) is 12.4 Å². The van der Waals surface area contributed by atoms with Crippen LogP contribution in [-0.2, 0) is 0 Å². The van der Waals surface area contributed by atoms with Crippen molar-refractivity contribution < 1.29 is 4.79 Å². The van der Waals surface area contributed by atoms with Crippen molar-refractivity contribution in [1.82, 2.24) is 15.3 Å². The van der Waals surface area contributed by atoms with Crippen molar-refractivity contribution in [2.75, 3.05) is 12.4 Å². The first-order valence-electron chi connectivity index (χ1n) is 4.50. The number of carbonyl (C=O) groups excluding carboxylic acids is 1. The summed E-state index contributed by atoms with van der Waals surface area (Å²) in [5.41, 5.74) is 0.956. The molecule has 0 atom stereocenters. The van der Waals surface area contributed by atoms with E-state index in [-0.39, 0.29) is 6.03 Å². The number of urea groups is 1. The second-order valence-corrected chi connectivity index (χ2v) is 2.29. The molecule has 0 aromatic carbocycles. The van der Waals surface area contributed by atoms with Crippen LogP contribution in [0.1, 0.15) is 19.4 Å². The van der Waals surface area contributed by atoms with Crippen LogP contribution in [0.5, 0.6) is 0 Å². The first-order valence-corrected chi connectivity index (χ1v) is 4.50. The molecule has 0 saturated carbocycles. The van der Waals surface area contributed by atoms with Gasteiger partial charge in [0.1, 0.15) is 0 Å². The minimum absolute atomic E-state index is 0.306. The molecule has 0 bridgehead atoms. The molecule has 5 heteroatoms. The Morgan fingerprint density at radius 3 is 2.21 bits per heavy atom. The molecule has 1 aromatic rings. The molecule has 1 rings (SSSR count). The van der Waals surface area contributed by atoms with Gasteiger partial charge >= 0.3 is 6.03 Å². The zero-order chi connectivity index (χ0) is 11.0. The van der Waals surface area contributed by atoms with Gasteiger partial charge in [0.05, 0.1) is 0 Å². The van der Waals surface area contributed by atoms with Gasteiger partial charge in [-0.25, -0.2) is 14.8 Å². The number of nitrogens with zero attached hydrogens (tertiary/aromatic N) is 2. The summed E-state index contributed by atoms with van der Waals surface area (Å²) < 4.78 is 0. The van der Waals surface area contributed by atoms with Crippen LogP contribution in [0.15, 0.2) is 12.4 Å². The summed E-state index contributed by atoms with van der Waals surface area (Å²) in [5, 5.41) is 4.84. The molecule has 78 valence electrons. The summed E-state index contributed by atoms with van der Waals surface area (Å²) in [5.74, 6) is 0.306. The number of nitrogens with one attached hydrogen (secondary N) is 2. The Bertz CT molecular complexity index is 271. The van der Waals surface area contributed by atoms with E-state index >= 15 is 0 Å². The highest BCUT2D eigenvalue weighted by molar-refractivity contribution is 5.86. The summed E-state index contributed by atoms with van der Waals surface area (Å²) in [4.78, 5) is 18.5. The van der Waals surface area contributed by atoms with Crippen molar-refractivity contribution in [3.05, 3.63) is 18.0 Å². The molecule has 0 spiro atoms. The Morgan fingerprint density at radius 1 is 1.29 bits per heavy atom. The van der Waals surface area contributed by atoms with Crippen LogP contribution in [0.3, 0.4) is 0 Å². The van der Waals surface area contributed by atoms with E-state index in [2.05, 4.69) is 20.6 Å². The largest absolute Gasteiger partial charge is 0.341 e. The Labute approximate surface area is 84.0 Å². The van der Waals surface area contributed by atoms with Gasteiger partial charge in [-0.2, -0.15) is 0 Å². The van der Waals surface area contributed by atoms with Crippen LogP contribution in [-0.4, -0.2) is 23.0 Å². The van der Waals surface area contributed by atoms with Crippen molar-refractivity contribution >= 4 is 12.0 Å². The Balaban J connectivity index is 0.000000791. The van der Waals surface area contributed by atoms with E-state index in [0.29, 0.717) is 5.95 Å². The standard InChI is InChI=1S/C7H10N4O.C2H6/c1-5-3-9-6(10-4-5)11-7(12)8-2;1-2/h3-4H,1-2H3,(H2,8,9,10,11,12);1-2H3. The fourth-order valence-electron chi connectivity index (χ4n) is 0.621. The fourth-order valence-corrected chi connectivity index (χ4v) is 0.621. The monoisotopic (exact) mass is 196 g/mol. The first kappa shape index (κ1) is 12.3. The maximum atomic E-state index is 10.8. The van der Waals surface area contributed by atoms with Crippen molar-refractivity contribution in [1.29, 1.82) is 0 Å². The second kappa shape index (κ2) is 6.82. The number of aryl methyl sites for hydroxylation is 1. The highest BCUT2D eigenvalue weighted by Gasteiger charge is 1.98. The average Bonchev–Trinajstić information content (AvgIpc) is 2.24. The van der Waals surface area contributed by atoms with Crippen LogP contribution >= 0.6 is 0 Å². The SMILES string of the molecule is CC.CNC(=O)Nc1ncc(C)cn1. The van der Waals surface area contributed by atoms with E-state index in [4.69, 9.17) is 0 Å². The third-order valence-electron chi connectivity index (χ3n) is 1.23. The number of amides is 2. The van der Waals surface area contributed by atoms with E-state index in [9.17, 15) is 4.79 Å². The van der Waals surface area contributed by atoms with E-state index in [1.807, 2.05) is 20.8 Å². The zero-order valence-corrected chi connectivity index (χ0v) is 8.96. The lowest BCUT2D eigenvalue weighted by Crippen LogP contribution is -2.25. The van der Waals surface area contributed by atoms with Gasteiger partial charge in [0.25, 0.3) is 0 Å². The number of aromatic nitrogens is 2. The van der Waals surface area contributed by atoms with E-state index in [0.717, 1.165) is 5.56 Å². The van der Waals surface area contributed by atoms with Gasteiger partial charge in [-0.05, 0) is 12.5 Å². The molecule has 1 heterocycles. The van der Waals surface area contributed by atoms with Gasteiger partial charge in [-0.15, -0.1) is 0 Å². The third kappa shape index (κ3) is 4.39. The number of rotatable bonds is 1. The minimum atomic E-state index is -0.321. The molecule has 0 saturated heterocycles. The first-order chi connectivity index (χ1) is 6.72. The zero-order valence-electron chi connectivity index (χ0n) is 8.96. The highest BCUT2D eigenvalue weighted by atomic mass is 16.2. The third-order valence-corrected chi connectivity index (χ3v) is 1.23.